The van der Waals surface area contributed by atoms with E-state index in [2.05, 4.69) is 28.4 Å². The van der Waals surface area contributed by atoms with Crippen LogP contribution in [0.15, 0.2) is 24.3 Å². The summed E-state index contributed by atoms with van der Waals surface area (Å²) in [6.07, 6.45) is 7.34. The van der Waals surface area contributed by atoms with E-state index in [4.69, 9.17) is 9.97 Å². The maximum atomic E-state index is 10.9. The fraction of sp³-hybridized carbons (Fsp3) is 0.550. The van der Waals surface area contributed by atoms with Gasteiger partial charge in [-0.3, -0.25) is 9.69 Å². The predicted octanol–water partition coefficient (Wildman–Crippen LogP) is 2.65. The Morgan fingerprint density at radius 1 is 1.04 bits per heavy atom. The Hall–Kier alpha value is -2.21. The molecule has 2 fully saturated rings. The van der Waals surface area contributed by atoms with Gasteiger partial charge in [0, 0.05) is 37.6 Å². The summed E-state index contributed by atoms with van der Waals surface area (Å²) >= 11 is 0. The van der Waals surface area contributed by atoms with Crippen LogP contribution in [0.2, 0.25) is 0 Å². The normalized spacial score (nSPS) is 19.6. The highest BCUT2D eigenvalue weighted by Gasteiger charge is 2.19. The number of benzene rings is 1. The van der Waals surface area contributed by atoms with Gasteiger partial charge in [-0.2, -0.15) is 0 Å². The minimum atomic E-state index is 0.519. The third-order valence-electron chi connectivity index (χ3n) is 5.52. The van der Waals surface area contributed by atoms with Crippen LogP contribution in [-0.2, 0) is 11.3 Å². The molecule has 1 saturated heterocycles. The van der Waals surface area contributed by atoms with Crippen molar-refractivity contribution < 1.29 is 4.79 Å². The molecular weight excluding hydrogens is 326 g/mol. The summed E-state index contributed by atoms with van der Waals surface area (Å²) in [6, 6.07) is 8.78. The van der Waals surface area contributed by atoms with Gasteiger partial charge in [-0.15, -0.1) is 0 Å². The summed E-state index contributed by atoms with van der Waals surface area (Å²) < 4.78 is 0. The molecule has 2 aromatic rings. The van der Waals surface area contributed by atoms with Gasteiger partial charge in [-0.25, -0.2) is 9.97 Å². The molecule has 1 aromatic carbocycles. The molecule has 2 aliphatic rings. The zero-order chi connectivity index (χ0) is 17.8. The number of carbonyl (C=O) groups is 1. The minimum absolute atomic E-state index is 0.519. The number of amides is 1. The maximum absolute atomic E-state index is 10.9. The van der Waals surface area contributed by atoms with Crippen molar-refractivity contribution in [3.63, 3.8) is 0 Å². The number of aromatic nitrogens is 2. The lowest BCUT2D eigenvalue weighted by Gasteiger charge is -2.32. The number of para-hydroxylation sites is 1. The lowest BCUT2D eigenvalue weighted by molar-refractivity contribution is -0.119. The highest BCUT2D eigenvalue weighted by atomic mass is 16.1. The van der Waals surface area contributed by atoms with E-state index in [9.17, 15) is 4.79 Å². The summed E-state index contributed by atoms with van der Waals surface area (Å²) in [7, 11) is 0. The number of fused-ring (bicyclic) bond motifs is 1. The predicted molar refractivity (Wildman–Crippen MR) is 103 cm³/mol. The van der Waals surface area contributed by atoms with Crippen LogP contribution in [0, 0.1) is 0 Å². The second-order valence-corrected chi connectivity index (χ2v) is 7.40. The van der Waals surface area contributed by atoms with E-state index in [1.807, 2.05) is 11.0 Å². The van der Waals surface area contributed by atoms with Crippen molar-refractivity contribution in [1.29, 1.82) is 0 Å². The number of piperazine rings is 1. The molecule has 1 saturated carbocycles. The first-order chi connectivity index (χ1) is 12.8. The molecule has 0 atom stereocenters. The SMILES string of the molecule is O=CN1CCN(Cc2nc(NC3CCCCC3)c3ccccc3n2)CC1. The monoisotopic (exact) mass is 353 g/mol. The van der Waals surface area contributed by atoms with Gasteiger partial charge >= 0.3 is 0 Å². The number of nitrogens with one attached hydrogen (secondary N) is 1. The van der Waals surface area contributed by atoms with Crippen molar-refractivity contribution in [2.24, 2.45) is 0 Å². The van der Waals surface area contributed by atoms with Gasteiger partial charge in [0.15, 0.2) is 0 Å². The molecule has 2 heterocycles. The summed E-state index contributed by atoms with van der Waals surface area (Å²) in [5.74, 6) is 1.84. The van der Waals surface area contributed by atoms with Crippen molar-refractivity contribution in [3.8, 4) is 0 Å². The quantitative estimate of drug-likeness (QED) is 0.838. The molecule has 1 amide bonds. The molecule has 6 nitrogen and oxygen atoms in total. The van der Waals surface area contributed by atoms with Crippen molar-refractivity contribution in [3.05, 3.63) is 30.1 Å². The average molecular weight is 353 g/mol. The van der Waals surface area contributed by atoms with E-state index in [1.54, 1.807) is 0 Å². The number of hydrogen-bond donors (Lipinski definition) is 1. The Balaban J connectivity index is 1.54. The second kappa shape index (κ2) is 7.99. The fourth-order valence-electron chi connectivity index (χ4n) is 3.97. The van der Waals surface area contributed by atoms with Crippen LogP contribution in [0.3, 0.4) is 0 Å². The molecule has 26 heavy (non-hydrogen) atoms. The molecule has 1 aromatic heterocycles. The molecule has 1 N–H and O–H groups in total. The molecule has 6 heteroatoms. The highest BCUT2D eigenvalue weighted by molar-refractivity contribution is 5.89. The van der Waals surface area contributed by atoms with E-state index in [1.165, 1.54) is 32.1 Å². The molecule has 0 bridgehead atoms. The molecule has 4 rings (SSSR count). The number of hydrogen-bond acceptors (Lipinski definition) is 5. The molecule has 0 spiro atoms. The van der Waals surface area contributed by atoms with Crippen LogP contribution >= 0.6 is 0 Å². The highest BCUT2D eigenvalue weighted by Crippen LogP contribution is 2.25. The zero-order valence-corrected chi connectivity index (χ0v) is 15.2. The zero-order valence-electron chi connectivity index (χ0n) is 15.2. The summed E-state index contributed by atoms with van der Waals surface area (Å²) in [5, 5.41) is 4.80. The third-order valence-corrected chi connectivity index (χ3v) is 5.52. The molecular formula is C20H27N5O. The van der Waals surface area contributed by atoms with Gasteiger partial charge < -0.3 is 10.2 Å². The van der Waals surface area contributed by atoms with Crippen LogP contribution in [0.4, 0.5) is 5.82 Å². The Morgan fingerprint density at radius 3 is 2.58 bits per heavy atom. The number of carbonyl (C=O) groups excluding carboxylic acids is 1. The van der Waals surface area contributed by atoms with Crippen LogP contribution in [-0.4, -0.2) is 58.4 Å². The Kier molecular flexibility index (Phi) is 5.29. The molecule has 1 aliphatic carbocycles. The maximum Gasteiger partial charge on any atom is 0.209 e. The summed E-state index contributed by atoms with van der Waals surface area (Å²) in [4.78, 5) is 24.7. The summed E-state index contributed by atoms with van der Waals surface area (Å²) in [5.41, 5.74) is 1.00. The van der Waals surface area contributed by atoms with Gasteiger partial charge in [0.05, 0.1) is 12.1 Å². The van der Waals surface area contributed by atoms with Crippen molar-refractivity contribution in [1.82, 2.24) is 19.8 Å². The molecule has 138 valence electrons. The Morgan fingerprint density at radius 2 is 1.81 bits per heavy atom. The van der Waals surface area contributed by atoms with Gasteiger partial charge in [0.1, 0.15) is 11.6 Å². The van der Waals surface area contributed by atoms with E-state index >= 15 is 0 Å². The standard InChI is InChI=1S/C20H27N5O/c26-15-25-12-10-24(11-13-25)14-19-22-18-9-5-4-8-17(18)20(23-19)21-16-6-2-1-3-7-16/h4-5,8-9,15-16H,1-3,6-7,10-14H2,(H,21,22,23). The number of anilines is 1. The largest absolute Gasteiger partial charge is 0.367 e. The van der Waals surface area contributed by atoms with Gasteiger partial charge in [0.2, 0.25) is 6.41 Å². The first kappa shape index (κ1) is 17.2. The van der Waals surface area contributed by atoms with Crippen molar-refractivity contribution in [2.45, 2.75) is 44.7 Å². The van der Waals surface area contributed by atoms with Crippen LogP contribution < -0.4 is 5.32 Å². The first-order valence-electron chi connectivity index (χ1n) is 9.76. The second-order valence-electron chi connectivity index (χ2n) is 7.40. The van der Waals surface area contributed by atoms with Crippen molar-refractivity contribution >= 4 is 23.1 Å². The topological polar surface area (TPSA) is 61.4 Å². The molecule has 0 radical (unpaired) electrons. The average Bonchev–Trinajstić information content (AvgIpc) is 2.69. The Labute approximate surface area is 154 Å². The van der Waals surface area contributed by atoms with Crippen LogP contribution in [0.5, 0.6) is 0 Å². The molecule has 1 aliphatic heterocycles. The van der Waals surface area contributed by atoms with E-state index < -0.39 is 0 Å². The van der Waals surface area contributed by atoms with Crippen LogP contribution in [0.1, 0.15) is 37.9 Å². The fourth-order valence-corrected chi connectivity index (χ4v) is 3.97. The van der Waals surface area contributed by atoms with E-state index in [0.29, 0.717) is 6.04 Å². The van der Waals surface area contributed by atoms with E-state index in [-0.39, 0.29) is 0 Å². The van der Waals surface area contributed by atoms with Crippen molar-refractivity contribution in [2.75, 3.05) is 31.5 Å². The van der Waals surface area contributed by atoms with Gasteiger partial charge in [-0.1, -0.05) is 31.4 Å². The van der Waals surface area contributed by atoms with Crippen LogP contribution in [0.25, 0.3) is 10.9 Å². The number of rotatable bonds is 5. The lowest BCUT2D eigenvalue weighted by Crippen LogP contribution is -2.45. The van der Waals surface area contributed by atoms with Gasteiger partial charge in [-0.05, 0) is 25.0 Å². The smallest absolute Gasteiger partial charge is 0.209 e. The third kappa shape index (κ3) is 3.96. The Bertz CT molecular complexity index is 751. The lowest BCUT2D eigenvalue weighted by atomic mass is 9.95. The minimum Gasteiger partial charge on any atom is -0.367 e. The summed E-state index contributed by atoms with van der Waals surface area (Å²) in [6.45, 7) is 4.05. The van der Waals surface area contributed by atoms with Gasteiger partial charge in [0.25, 0.3) is 0 Å². The first-order valence-corrected chi connectivity index (χ1v) is 9.76. The molecule has 0 unspecified atom stereocenters. The van der Waals surface area contributed by atoms with E-state index in [0.717, 1.165) is 61.7 Å². The number of nitrogens with zero attached hydrogens (tertiary/aromatic N) is 4.